The standard InChI is InChI=1S/C24H32N4O9/c29-12-18-21(33)22(34)23(35)24(37-18)36-13-17(30)20(32)19(31)16(28-27-15-9-5-2-6-10-15)11-25-26-14-7-3-1-4-8-14/h1-11,17-24,26-27,29-35H,12-13H2/b25-11-,28-16+/t17-,18+,19+,20-,21-,22-,23-,24+/m1/s1. The second-order valence-corrected chi connectivity index (χ2v) is 8.28. The number of hydrazone groups is 2. The van der Waals surface area contributed by atoms with Crippen molar-refractivity contribution < 1.29 is 45.2 Å². The second-order valence-electron chi connectivity index (χ2n) is 8.28. The maximum Gasteiger partial charge on any atom is 0.186 e. The normalized spacial score (nSPS) is 27.0. The van der Waals surface area contributed by atoms with Crippen LogP contribution in [0, 0.1) is 0 Å². The van der Waals surface area contributed by atoms with Gasteiger partial charge in [0, 0.05) is 0 Å². The van der Waals surface area contributed by atoms with E-state index in [0.29, 0.717) is 11.4 Å². The van der Waals surface area contributed by atoms with Crippen molar-refractivity contribution in [2.24, 2.45) is 10.2 Å². The lowest BCUT2D eigenvalue weighted by atomic mass is 9.99. The first-order valence-electron chi connectivity index (χ1n) is 11.5. The fourth-order valence-corrected chi connectivity index (χ4v) is 3.38. The van der Waals surface area contributed by atoms with Crippen LogP contribution in [0.2, 0.25) is 0 Å². The van der Waals surface area contributed by atoms with Gasteiger partial charge in [-0.05, 0) is 24.3 Å². The lowest BCUT2D eigenvalue weighted by Gasteiger charge is -2.40. The van der Waals surface area contributed by atoms with Crippen LogP contribution in [0.3, 0.4) is 0 Å². The SMILES string of the molecule is OC[C@@H]1O[C@H](OC[C@@H](O)[C@@H](O)[C@@H](O)C(/C=N\Nc2ccccc2)=N/Nc2ccccc2)[C@H](O)[C@H](O)[C@@H]1O. The van der Waals surface area contributed by atoms with Gasteiger partial charge in [0.25, 0.3) is 0 Å². The predicted molar refractivity (Wildman–Crippen MR) is 134 cm³/mol. The average Bonchev–Trinajstić information content (AvgIpc) is 2.93. The summed E-state index contributed by atoms with van der Waals surface area (Å²) in [6.45, 7) is -1.29. The number of ether oxygens (including phenoxy) is 2. The molecule has 1 aliphatic heterocycles. The van der Waals surface area contributed by atoms with Gasteiger partial charge in [0.05, 0.1) is 30.8 Å². The van der Waals surface area contributed by atoms with E-state index in [9.17, 15) is 35.7 Å². The summed E-state index contributed by atoms with van der Waals surface area (Å²) in [5.41, 5.74) is 6.62. The second kappa shape index (κ2) is 14.1. The summed E-state index contributed by atoms with van der Waals surface area (Å²) in [5, 5.41) is 78.8. The quantitative estimate of drug-likeness (QED) is 0.116. The van der Waals surface area contributed by atoms with Gasteiger partial charge in [0.2, 0.25) is 0 Å². The molecule has 0 aliphatic carbocycles. The summed E-state index contributed by atoms with van der Waals surface area (Å²) in [4.78, 5) is 0. The molecule has 0 saturated carbocycles. The predicted octanol–water partition coefficient (Wildman–Crippen LogP) is -1.55. The molecule has 2 aromatic rings. The number of rotatable bonds is 12. The Morgan fingerprint density at radius 3 is 2.08 bits per heavy atom. The summed E-state index contributed by atoms with van der Waals surface area (Å²) in [6.07, 6.45) is -11.7. The number of hydrogen-bond donors (Lipinski definition) is 9. The number of aliphatic hydroxyl groups is 7. The highest BCUT2D eigenvalue weighted by Crippen LogP contribution is 2.22. The van der Waals surface area contributed by atoms with Crippen LogP contribution in [0.15, 0.2) is 70.9 Å². The molecule has 8 atom stereocenters. The molecular formula is C24H32N4O9. The van der Waals surface area contributed by atoms with Crippen molar-refractivity contribution in [1.82, 2.24) is 0 Å². The van der Waals surface area contributed by atoms with Crippen LogP contribution in [0.25, 0.3) is 0 Å². The topological polar surface area (TPSA) is 209 Å². The van der Waals surface area contributed by atoms with Crippen LogP contribution >= 0.6 is 0 Å². The van der Waals surface area contributed by atoms with Crippen molar-refractivity contribution in [2.45, 2.75) is 49.0 Å². The van der Waals surface area contributed by atoms with Gasteiger partial charge in [-0.1, -0.05) is 36.4 Å². The minimum Gasteiger partial charge on any atom is -0.394 e. The van der Waals surface area contributed by atoms with Crippen LogP contribution in [-0.2, 0) is 9.47 Å². The van der Waals surface area contributed by atoms with E-state index >= 15 is 0 Å². The molecule has 13 heteroatoms. The first kappa shape index (κ1) is 28.6. The fourth-order valence-electron chi connectivity index (χ4n) is 3.38. The van der Waals surface area contributed by atoms with E-state index in [2.05, 4.69) is 21.1 Å². The van der Waals surface area contributed by atoms with Crippen LogP contribution in [-0.4, -0.2) is 110 Å². The Balaban J connectivity index is 1.66. The largest absolute Gasteiger partial charge is 0.394 e. The summed E-state index contributed by atoms with van der Waals surface area (Å²) < 4.78 is 10.5. The molecule has 0 amide bonds. The van der Waals surface area contributed by atoms with E-state index < -0.39 is 62.2 Å². The zero-order valence-electron chi connectivity index (χ0n) is 19.7. The third-order valence-electron chi connectivity index (χ3n) is 5.55. The number of benzene rings is 2. The molecule has 0 unspecified atom stereocenters. The van der Waals surface area contributed by atoms with E-state index in [1.165, 1.54) is 6.21 Å². The van der Waals surface area contributed by atoms with E-state index in [4.69, 9.17) is 9.47 Å². The molecule has 1 aliphatic rings. The molecule has 1 heterocycles. The Morgan fingerprint density at radius 2 is 1.49 bits per heavy atom. The number of nitrogens with one attached hydrogen (secondary N) is 2. The molecule has 3 rings (SSSR count). The maximum atomic E-state index is 10.7. The summed E-state index contributed by atoms with van der Waals surface area (Å²) >= 11 is 0. The van der Waals surface area contributed by atoms with Crippen LogP contribution in [0.1, 0.15) is 0 Å². The Bertz CT molecular complexity index is 996. The van der Waals surface area contributed by atoms with Crippen molar-refractivity contribution in [2.75, 3.05) is 24.1 Å². The van der Waals surface area contributed by atoms with Crippen LogP contribution in [0.5, 0.6) is 0 Å². The van der Waals surface area contributed by atoms with Gasteiger partial charge in [-0.15, -0.1) is 0 Å². The molecule has 9 N–H and O–H groups in total. The Kier molecular flexibility index (Phi) is 10.9. The van der Waals surface area contributed by atoms with E-state index in [1.807, 2.05) is 12.1 Å². The molecular weight excluding hydrogens is 488 g/mol. The van der Waals surface area contributed by atoms with Gasteiger partial charge in [0.1, 0.15) is 48.4 Å². The molecule has 0 spiro atoms. The van der Waals surface area contributed by atoms with Crippen LogP contribution < -0.4 is 10.9 Å². The highest BCUT2D eigenvalue weighted by molar-refractivity contribution is 6.33. The Morgan fingerprint density at radius 1 is 0.892 bits per heavy atom. The van der Waals surface area contributed by atoms with Crippen molar-refractivity contribution in [3.8, 4) is 0 Å². The first-order chi connectivity index (χ1) is 17.8. The van der Waals surface area contributed by atoms with Gasteiger partial charge in [0.15, 0.2) is 6.29 Å². The van der Waals surface area contributed by atoms with Crippen molar-refractivity contribution in [3.05, 3.63) is 60.7 Å². The van der Waals surface area contributed by atoms with Gasteiger partial charge in [-0.25, -0.2) is 0 Å². The molecule has 0 radical (unpaired) electrons. The molecule has 13 nitrogen and oxygen atoms in total. The number of nitrogens with zero attached hydrogens (tertiary/aromatic N) is 2. The zero-order valence-corrected chi connectivity index (χ0v) is 19.7. The zero-order chi connectivity index (χ0) is 26.8. The van der Waals surface area contributed by atoms with Gasteiger partial charge in [-0.2, -0.15) is 10.2 Å². The molecule has 1 saturated heterocycles. The molecule has 202 valence electrons. The molecule has 1 fully saturated rings. The first-order valence-corrected chi connectivity index (χ1v) is 11.5. The third kappa shape index (κ3) is 8.00. The van der Waals surface area contributed by atoms with E-state index in [1.54, 1.807) is 48.5 Å². The number of para-hydroxylation sites is 2. The number of anilines is 2. The van der Waals surface area contributed by atoms with Gasteiger partial charge >= 0.3 is 0 Å². The fraction of sp³-hybridized carbons (Fsp3) is 0.417. The van der Waals surface area contributed by atoms with E-state index in [-0.39, 0.29) is 5.71 Å². The minimum absolute atomic E-state index is 0.133. The highest BCUT2D eigenvalue weighted by Gasteiger charge is 2.44. The third-order valence-corrected chi connectivity index (χ3v) is 5.55. The smallest absolute Gasteiger partial charge is 0.186 e. The Labute approximate surface area is 212 Å². The van der Waals surface area contributed by atoms with Crippen LogP contribution in [0.4, 0.5) is 11.4 Å². The highest BCUT2D eigenvalue weighted by atomic mass is 16.7. The molecule has 0 aromatic heterocycles. The minimum atomic E-state index is -1.82. The monoisotopic (exact) mass is 520 g/mol. The van der Waals surface area contributed by atoms with Crippen molar-refractivity contribution >= 4 is 23.3 Å². The number of aliphatic hydroxyl groups excluding tert-OH is 7. The lowest BCUT2D eigenvalue weighted by Crippen LogP contribution is -2.59. The Hall–Kier alpha value is -2.98. The maximum absolute atomic E-state index is 10.7. The average molecular weight is 521 g/mol. The van der Waals surface area contributed by atoms with Gasteiger partial charge in [-0.3, -0.25) is 10.9 Å². The molecule has 37 heavy (non-hydrogen) atoms. The lowest BCUT2D eigenvalue weighted by molar-refractivity contribution is -0.306. The summed E-state index contributed by atoms with van der Waals surface area (Å²) in [7, 11) is 0. The molecule has 0 bridgehead atoms. The summed E-state index contributed by atoms with van der Waals surface area (Å²) in [5.74, 6) is 0. The number of hydrogen-bond acceptors (Lipinski definition) is 13. The molecule has 2 aromatic carbocycles. The van der Waals surface area contributed by atoms with Crippen molar-refractivity contribution in [1.29, 1.82) is 0 Å². The van der Waals surface area contributed by atoms with Gasteiger partial charge < -0.3 is 45.2 Å². The summed E-state index contributed by atoms with van der Waals surface area (Å²) in [6, 6.07) is 17.8. The van der Waals surface area contributed by atoms with E-state index in [0.717, 1.165) is 0 Å². The van der Waals surface area contributed by atoms with Crippen molar-refractivity contribution in [3.63, 3.8) is 0 Å².